The third kappa shape index (κ3) is 3.52. The molecule has 0 unspecified atom stereocenters. The van der Waals surface area contributed by atoms with Gasteiger partial charge in [-0.1, -0.05) is 0 Å². The van der Waals surface area contributed by atoms with Crippen LogP contribution in [0.5, 0.6) is 11.5 Å². The van der Waals surface area contributed by atoms with E-state index in [0.29, 0.717) is 0 Å². The van der Waals surface area contributed by atoms with Crippen LogP contribution in [0.15, 0.2) is 170 Å². The van der Waals surface area contributed by atoms with E-state index >= 15 is 0 Å². The van der Waals surface area contributed by atoms with Crippen molar-refractivity contribution in [3.8, 4) is 33.8 Å². The molecular formula is C47H34N4OPt. The Balaban J connectivity index is 1.25. The molecule has 6 aromatic carbocycles. The SMILES string of the molecule is CC1(C)N2C=CN3[C]2=[Pt]=[C]2N(C=CN21)C1(c2cccc(c2)Oc2cccc(c2)C32c3ccccc3-c3ccccc32)c2ccccc2-c2ccccc21. The first-order chi connectivity index (χ1) is 26.0. The number of ether oxygens (including phenoxy) is 1. The van der Waals surface area contributed by atoms with Gasteiger partial charge >= 0.3 is 318 Å². The molecule has 4 aliphatic heterocycles. The van der Waals surface area contributed by atoms with E-state index in [0.717, 1.165) is 11.5 Å². The Morgan fingerprint density at radius 3 is 1.17 bits per heavy atom. The van der Waals surface area contributed by atoms with Crippen LogP contribution < -0.4 is 4.74 Å². The van der Waals surface area contributed by atoms with Gasteiger partial charge in [0.15, 0.2) is 0 Å². The van der Waals surface area contributed by atoms with Crippen molar-refractivity contribution in [1.82, 2.24) is 19.6 Å². The monoisotopic (exact) mass is 865 g/mol. The molecule has 5 nitrogen and oxygen atoms in total. The van der Waals surface area contributed by atoms with Crippen LogP contribution in [0.4, 0.5) is 0 Å². The third-order valence-corrected chi connectivity index (χ3v) is 15.3. The molecule has 53 heavy (non-hydrogen) atoms. The van der Waals surface area contributed by atoms with Crippen LogP contribution in [0.25, 0.3) is 22.3 Å². The maximum absolute atomic E-state index is 6.95. The average Bonchev–Trinajstić information content (AvgIpc) is 3.96. The van der Waals surface area contributed by atoms with Gasteiger partial charge < -0.3 is 0 Å². The minimum absolute atomic E-state index is 0.374. The summed E-state index contributed by atoms with van der Waals surface area (Å²) < 4.78 is 9.66. The van der Waals surface area contributed by atoms with Gasteiger partial charge in [0.05, 0.1) is 0 Å². The zero-order valence-electron chi connectivity index (χ0n) is 29.2. The van der Waals surface area contributed by atoms with Crippen molar-refractivity contribution in [3.05, 3.63) is 204 Å². The molecule has 0 atom stereocenters. The molecule has 4 heterocycles. The van der Waals surface area contributed by atoms with Crippen LogP contribution in [-0.2, 0) is 28.7 Å². The molecule has 2 aliphatic carbocycles. The second-order valence-corrected chi connectivity index (χ2v) is 17.5. The molecule has 6 bridgehead atoms. The van der Waals surface area contributed by atoms with Gasteiger partial charge in [-0.25, -0.2) is 0 Å². The van der Waals surface area contributed by atoms with Crippen molar-refractivity contribution in [2.24, 2.45) is 0 Å². The summed E-state index contributed by atoms with van der Waals surface area (Å²) in [5.74, 6) is 1.64. The quantitative estimate of drug-likeness (QED) is 0.152. The van der Waals surface area contributed by atoms with E-state index in [4.69, 9.17) is 4.74 Å². The first kappa shape index (κ1) is 29.8. The Hall–Kier alpha value is -5.77. The van der Waals surface area contributed by atoms with Gasteiger partial charge in [0.25, 0.3) is 0 Å². The molecule has 6 aliphatic rings. The Bertz CT molecular complexity index is 2470. The summed E-state index contributed by atoms with van der Waals surface area (Å²) in [5, 5.41) is 0. The Morgan fingerprint density at radius 2 is 0.774 bits per heavy atom. The maximum atomic E-state index is 6.95. The van der Waals surface area contributed by atoms with Gasteiger partial charge in [-0.15, -0.1) is 0 Å². The van der Waals surface area contributed by atoms with Crippen LogP contribution in [0, 0.1) is 0 Å². The van der Waals surface area contributed by atoms with E-state index in [1.54, 1.807) is 0 Å². The number of nitrogens with zero attached hydrogens (tertiary/aromatic N) is 4. The number of fused-ring (bicyclic) bond motifs is 18. The standard InChI is InChI=1S/C47H34N4O.Pt/c1-45(2)48-25-27-50(31-48)46(41-21-7-3-17-37(41)38-18-4-8-22-42(38)46)33-13-11-15-35(29-33)52-36-16-12-14-34(30-36)47(51-28-26-49(45)32-51)43-23-9-5-19-39(43)40-20-6-10-24-44(40)47;/h3-30H,1-2H3;. The molecule has 2 spiro atoms. The molecule has 0 saturated heterocycles. The molecule has 6 heteroatoms. The van der Waals surface area contributed by atoms with Crippen molar-refractivity contribution in [3.63, 3.8) is 0 Å². The molecule has 0 aromatic heterocycles. The number of hydrogen-bond acceptors (Lipinski definition) is 5. The van der Waals surface area contributed by atoms with Gasteiger partial charge in [-0.2, -0.15) is 0 Å². The molecule has 0 fully saturated rings. The van der Waals surface area contributed by atoms with Crippen LogP contribution in [0.3, 0.4) is 0 Å². The molecule has 258 valence electrons. The summed E-state index contributed by atoms with van der Waals surface area (Å²) in [6.45, 7) is 4.73. The molecule has 0 N–H and O–H groups in total. The van der Waals surface area contributed by atoms with Crippen molar-refractivity contribution in [2.75, 3.05) is 0 Å². The van der Waals surface area contributed by atoms with Gasteiger partial charge in [0, 0.05) is 0 Å². The Kier molecular flexibility index (Phi) is 5.74. The predicted molar refractivity (Wildman–Crippen MR) is 206 cm³/mol. The molecule has 12 rings (SSSR count). The molecule has 0 radical (unpaired) electrons. The van der Waals surface area contributed by atoms with E-state index in [-0.39, 0.29) is 5.66 Å². The second-order valence-electron chi connectivity index (χ2n) is 14.9. The summed E-state index contributed by atoms with van der Waals surface area (Å²) in [6, 6.07) is 53.7. The summed E-state index contributed by atoms with van der Waals surface area (Å²) >= 11 is -0.787. The summed E-state index contributed by atoms with van der Waals surface area (Å²) in [5.41, 5.74) is 11.0. The number of hydrogen-bond donors (Lipinski definition) is 0. The topological polar surface area (TPSA) is 22.2 Å². The molecular weight excluding hydrogens is 832 g/mol. The number of rotatable bonds is 0. The normalized spacial score (nSPS) is 19.4. The number of benzene rings is 6. The van der Waals surface area contributed by atoms with Crippen LogP contribution in [-0.4, -0.2) is 33.6 Å². The van der Waals surface area contributed by atoms with E-state index < -0.39 is 28.7 Å². The first-order valence-electron chi connectivity index (χ1n) is 18.2. The Morgan fingerprint density at radius 1 is 0.415 bits per heavy atom. The van der Waals surface area contributed by atoms with E-state index in [2.05, 4.69) is 204 Å². The first-order valence-corrected chi connectivity index (χ1v) is 20.4. The van der Waals surface area contributed by atoms with Crippen LogP contribution in [0.2, 0.25) is 0 Å². The van der Waals surface area contributed by atoms with E-state index in [9.17, 15) is 0 Å². The minimum atomic E-state index is -0.787. The zero-order valence-corrected chi connectivity index (χ0v) is 31.5. The molecule has 0 amide bonds. The summed E-state index contributed by atoms with van der Waals surface area (Å²) in [7, 11) is 0. The molecule has 6 aromatic rings. The fourth-order valence-corrected chi connectivity index (χ4v) is 14.1. The van der Waals surface area contributed by atoms with E-state index in [1.165, 1.54) is 63.9 Å². The fourth-order valence-electron chi connectivity index (χ4n) is 9.87. The van der Waals surface area contributed by atoms with Crippen molar-refractivity contribution >= 4 is 8.29 Å². The van der Waals surface area contributed by atoms with Crippen LogP contribution in [0.1, 0.15) is 47.2 Å². The van der Waals surface area contributed by atoms with Crippen molar-refractivity contribution < 1.29 is 22.4 Å². The Labute approximate surface area is 316 Å². The van der Waals surface area contributed by atoms with Crippen molar-refractivity contribution in [1.29, 1.82) is 0 Å². The van der Waals surface area contributed by atoms with Crippen molar-refractivity contribution in [2.45, 2.75) is 30.6 Å². The second kappa shape index (κ2) is 10.2. The fraction of sp³-hybridized carbons (Fsp3) is 0.106. The molecule has 0 saturated carbocycles. The van der Waals surface area contributed by atoms with Gasteiger partial charge in [-0.05, 0) is 0 Å². The van der Waals surface area contributed by atoms with Gasteiger partial charge in [0.2, 0.25) is 0 Å². The predicted octanol–water partition coefficient (Wildman–Crippen LogP) is 9.22. The van der Waals surface area contributed by atoms with Crippen LogP contribution >= 0.6 is 0 Å². The average molecular weight is 866 g/mol. The third-order valence-electron chi connectivity index (χ3n) is 12.1. The van der Waals surface area contributed by atoms with Gasteiger partial charge in [0.1, 0.15) is 0 Å². The van der Waals surface area contributed by atoms with E-state index in [1.807, 2.05) is 0 Å². The zero-order chi connectivity index (χ0) is 35.1. The summed E-state index contributed by atoms with van der Waals surface area (Å²) in [4.78, 5) is 10.3. The van der Waals surface area contributed by atoms with Gasteiger partial charge in [-0.3, -0.25) is 0 Å². The summed E-state index contributed by atoms with van der Waals surface area (Å²) in [6.07, 6.45) is 9.35.